The maximum atomic E-state index is 12.5. The van der Waals surface area contributed by atoms with Gasteiger partial charge in [0.25, 0.3) is 5.91 Å². The summed E-state index contributed by atoms with van der Waals surface area (Å²) >= 11 is 0. The first kappa shape index (κ1) is 15.3. The molecule has 0 aliphatic carbocycles. The molecule has 0 N–H and O–H groups in total. The van der Waals surface area contributed by atoms with Crippen molar-refractivity contribution < 1.29 is 4.79 Å². The quantitative estimate of drug-likeness (QED) is 0.808. The predicted molar refractivity (Wildman–Crippen MR) is 87.7 cm³/mol. The fourth-order valence-electron chi connectivity index (χ4n) is 2.62. The highest BCUT2D eigenvalue weighted by atomic mass is 16.2. The second kappa shape index (κ2) is 6.23. The molecule has 2 aromatic rings. The molecule has 1 aliphatic rings. The summed E-state index contributed by atoms with van der Waals surface area (Å²) in [4.78, 5) is 31.1. The van der Waals surface area contributed by atoms with Crippen LogP contribution in [0.3, 0.4) is 0 Å². The summed E-state index contributed by atoms with van der Waals surface area (Å²) in [5.41, 5.74) is 0.621. The third kappa shape index (κ3) is 3.10. The number of amides is 1. The van der Waals surface area contributed by atoms with Crippen molar-refractivity contribution >= 4 is 17.5 Å². The number of hydrogen-bond acceptors (Lipinski definition) is 6. The minimum Gasteiger partial charge on any atom is -0.363 e. The Morgan fingerprint density at radius 1 is 1.17 bits per heavy atom. The van der Waals surface area contributed by atoms with Gasteiger partial charge in [-0.15, -0.1) is 0 Å². The SMILES string of the molecule is CN(C)c1cc(N2CCN(C(=O)c3cncn3C)CC2)ncn1. The standard InChI is InChI=1S/C15H21N7O/c1-19(2)13-8-14(18-10-17-13)21-4-6-22(7-5-21)15(23)12-9-16-11-20(12)3/h8-11H,4-7H2,1-3H3. The van der Waals surface area contributed by atoms with Crippen LogP contribution in [0.1, 0.15) is 10.5 Å². The summed E-state index contributed by atoms with van der Waals surface area (Å²) in [5, 5.41) is 0. The second-order valence-electron chi connectivity index (χ2n) is 5.80. The fraction of sp³-hybridized carbons (Fsp3) is 0.467. The zero-order valence-corrected chi connectivity index (χ0v) is 13.7. The van der Waals surface area contributed by atoms with Gasteiger partial charge in [0.05, 0.1) is 12.5 Å². The van der Waals surface area contributed by atoms with E-state index < -0.39 is 0 Å². The number of nitrogens with zero attached hydrogens (tertiary/aromatic N) is 7. The maximum absolute atomic E-state index is 12.5. The highest BCUT2D eigenvalue weighted by molar-refractivity contribution is 5.92. The average molecular weight is 315 g/mol. The van der Waals surface area contributed by atoms with Gasteiger partial charge in [-0.1, -0.05) is 0 Å². The Kier molecular flexibility index (Phi) is 4.14. The zero-order chi connectivity index (χ0) is 16.4. The highest BCUT2D eigenvalue weighted by Gasteiger charge is 2.24. The first-order chi connectivity index (χ1) is 11.1. The van der Waals surface area contributed by atoms with Crippen LogP contribution in [0.5, 0.6) is 0 Å². The van der Waals surface area contributed by atoms with Crippen LogP contribution in [0.4, 0.5) is 11.6 Å². The number of rotatable bonds is 3. The van der Waals surface area contributed by atoms with Crippen LogP contribution in [0.2, 0.25) is 0 Å². The van der Waals surface area contributed by atoms with Gasteiger partial charge in [-0.05, 0) is 0 Å². The molecular formula is C15H21N7O. The number of aryl methyl sites for hydroxylation is 1. The van der Waals surface area contributed by atoms with Crippen molar-refractivity contribution in [3.8, 4) is 0 Å². The van der Waals surface area contributed by atoms with Crippen LogP contribution in [0.25, 0.3) is 0 Å². The summed E-state index contributed by atoms with van der Waals surface area (Å²) in [6.07, 6.45) is 4.84. The Bertz CT molecular complexity index is 689. The van der Waals surface area contributed by atoms with Crippen molar-refractivity contribution in [3.63, 3.8) is 0 Å². The third-order valence-electron chi connectivity index (χ3n) is 4.02. The van der Waals surface area contributed by atoms with Crippen LogP contribution in [0, 0.1) is 0 Å². The molecule has 1 amide bonds. The molecule has 8 nitrogen and oxygen atoms in total. The first-order valence-corrected chi connectivity index (χ1v) is 7.56. The summed E-state index contributed by atoms with van der Waals surface area (Å²) in [5.74, 6) is 1.81. The van der Waals surface area contributed by atoms with E-state index in [4.69, 9.17) is 0 Å². The molecular weight excluding hydrogens is 294 g/mol. The molecule has 0 aromatic carbocycles. The van der Waals surface area contributed by atoms with Crippen molar-refractivity contribution in [1.82, 2.24) is 24.4 Å². The molecule has 3 rings (SSSR count). The lowest BCUT2D eigenvalue weighted by Crippen LogP contribution is -2.49. The Hall–Kier alpha value is -2.64. The lowest BCUT2D eigenvalue weighted by atomic mass is 10.2. The topological polar surface area (TPSA) is 70.4 Å². The van der Waals surface area contributed by atoms with Gasteiger partial charge in [0.2, 0.25) is 0 Å². The van der Waals surface area contributed by atoms with Crippen molar-refractivity contribution in [3.05, 3.63) is 30.6 Å². The van der Waals surface area contributed by atoms with Gasteiger partial charge in [0, 0.05) is 53.4 Å². The summed E-state index contributed by atoms with van der Waals surface area (Å²) in [6.45, 7) is 2.86. The Labute approximate surface area is 135 Å². The summed E-state index contributed by atoms with van der Waals surface area (Å²) in [6, 6.07) is 1.97. The number of imidazole rings is 1. The van der Waals surface area contributed by atoms with Gasteiger partial charge in [-0.3, -0.25) is 4.79 Å². The van der Waals surface area contributed by atoms with Crippen LogP contribution < -0.4 is 9.80 Å². The Morgan fingerprint density at radius 3 is 2.52 bits per heavy atom. The van der Waals surface area contributed by atoms with Crippen molar-refractivity contribution in [2.24, 2.45) is 7.05 Å². The van der Waals surface area contributed by atoms with E-state index in [1.807, 2.05) is 37.0 Å². The lowest BCUT2D eigenvalue weighted by molar-refractivity contribution is 0.0737. The molecule has 2 aromatic heterocycles. The van der Waals surface area contributed by atoms with Crippen LogP contribution in [-0.2, 0) is 7.05 Å². The lowest BCUT2D eigenvalue weighted by Gasteiger charge is -2.35. The molecule has 0 radical (unpaired) electrons. The monoisotopic (exact) mass is 315 g/mol. The van der Waals surface area contributed by atoms with Crippen LogP contribution in [-0.4, -0.2) is 70.6 Å². The number of hydrogen-bond donors (Lipinski definition) is 0. The smallest absolute Gasteiger partial charge is 0.272 e. The van der Waals surface area contributed by atoms with E-state index in [1.165, 1.54) is 0 Å². The molecule has 23 heavy (non-hydrogen) atoms. The van der Waals surface area contributed by atoms with Crippen LogP contribution >= 0.6 is 0 Å². The fourth-order valence-corrected chi connectivity index (χ4v) is 2.62. The van der Waals surface area contributed by atoms with Gasteiger partial charge in [0.1, 0.15) is 23.7 Å². The Morgan fingerprint density at radius 2 is 1.91 bits per heavy atom. The van der Waals surface area contributed by atoms with Crippen LogP contribution in [0.15, 0.2) is 24.9 Å². The van der Waals surface area contributed by atoms with Gasteiger partial charge in [-0.2, -0.15) is 0 Å². The molecule has 1 fully saturated rings. The highest BCUT2D eigenvalue weighted by Crippen LogP contribution is 2.18. The van der Waals surface area contributed by atoms with Crippen molar-refractivity contribution in [2.75, 3.05) is 50.1 Å². The van der Waals surface area contributed by atoms with Gasteiger partial charge in [-0.25, -0.2) is 15.0 Å². The molecule has 0 bridgehead atoms. The molecule has 0 spiro atoms. The van der Waals surface area contributed by atoms with Crippen molar-refractivity contribution in [1.29, 1.82) is 0 Å². The van der Waals surface area contributed by atoms with E-state index in [-0.39, 0.29) is 5.91 Å². The number of piperazine rings is 1. The average Bonchev–Trinajstić information content (AvgIpc) is 3.00. The van der Waals surface area contributed by atoms with Crippen molar-refractivity contribution in [2.45, 2.75) is 0 Å². The molecule has 122 valence electrons. The predicted octanol–water partition coefficient (Wildman–Crippen LogP) is 0.239. The minimum atomic E-state index is 0.0290. The third-order valence-corrected chi connectivity index (χ3v) is 4.02. The normalized spacial score (nSPS) is 14.9. The molecule has 8 heteroatoms. The van der Waals surface area contributed by atoms with E-state index in [2.05, 4.69) is 19.9 Å². The maximum Gasteiger partial charge on any atom is 0.272 e. The van der Waals surface area contributed by atoms with E-state index >= 15 is 0 Å². The largest absolute Gasteiger partial charge is 0.363 e. The summed E-state index contributed by atoms with van der Waals surface area (Å²) in [7, 11) is 5.74. The molecule has 3 heterocycles. The number of aromatic nitrogens is 4. The van der Waals surface area contributed by atoms with E-state index in [0.29, 0.717) is 18.8 Å². The zero-order valence-electron chi connectivity index (χ0n) is 13.7. The first-order valence-electron chi connectivity index (χ1n) is 7.56. The number of carbonyl (C=O) groups is 1. The molecule has 0 saturated carbocycles. The van der Waals surface area contributed by atoms with Gasteiger partial charge < -0.3 is 19.3 Å². The van der Waals surface area contributed by atoms with Gasteiger partial charge >= 0.3 is 0 Å². The molecule has 0 atom stereocenters. The van der Waals surface area contributed by atoms with E-state index in [1.54, 1.807) is 23.4 Å². The molecule has 0 unspecified atom stereocenters. The Balaban J connectivity index is 1.66. The van der Waals surface area contributed by atoms with E-state index in [0.717, 1.165) is 24.7 Å². The second-order valence-corrected chi connectivity index (χ2v) is 5.80. The van der Waals surface area contributed by atoms with Gasteiger partial charge in [0.15, 0.2) is 0 Å². The number of carbonyl (C=O) groups excluding carboxylic acids is 1. The number of anilines is 2. The molecule has 1 aliphatic heterocycles. The summed E-state index contributed by atoms with van der Waals surface area (Å²) < 4.78 is 1.75. The molecule has 1 saturated heterocycles. The minimum absolute atomic E-state index is 0.0290. The van der Waals surface area contributed by atoms with E-state index in [9.17, 15) is 4.79 Å².